The fraction of sp³-hybridized carbons (Fsp3) is 0.571. The molecule has 3 rings (SSSR count). The second-order valence-electron chi connectivity index (χ2n) is 5.89. The first-order valence-corrected chi connectivity index (χ1v) is 9.18. The number of hydrogen-bond acceptors (Lipinski definition) is 3. The molecule has 0 amide bonds. The van der Waals surface area contributed by atoms with E-state index in [1.54, 1.807) is 23.4 Å². The van der Waals surface area contributed by atoms with Crippen molar-refractivity contribution >= 4 is 31.6 Å². The van der Waals surface area contributed by atoms with Crippen molar-refractivity contribution in [3.63, 3.8) is 0 Å². The molecule has 0 bridgehead atoms. The molecule has 0 radical (unpaired) electrons. The highest BCUT2D eigenvalue weighted by Gasteiger charge is 2.41. The molecule has 1 saturated carbocycles. The molecule has 4 nitrogen and oxygen atoms in total. The predicted octanol–water partition coefficient (Wildman–Crippen LogP) is 2.76. The van der Waals surface area contributed by atoms with Gasteiger partial charge in [0, 0.05) is 23.2 Å². The van der Waals surface area contributed by atoms with Crippen molar-refractivity contribution in [2.75, 3.05) is 18.8 Å². The van der Waals surface area contributed by atoms with Crippen LogP contribution in [0.4, 0.5) is 5.69 Å². The summed E-state index contributed by atoms with van der Waals surface area (Å²) in [4.78, 5) is 0.337. The number of anilines is 1. The maximum atomic E-state index is 12.8. The Labute approximate surface area is 128 Å². The number of hydrogen-bond donors (Lipinski definition) is 1. The highest BCUT2D eigenvalue weighted by Crippen LogP contribution is 2.40. The smallest absolute Gasteiger partial charge is 0.243 e. The average Bonchev–Trinajstić information content (AvgIpc) is 2.94. The third-order valence-corrected chi connectivity index (χ3v) is 7.09. The van der Waals surface area contributed by atoms with E-state index in [-0.39, 0.29) is 0 Å². The lowest BCUT2D eigenvalue weighted by atomic mass is 10.0. The van der Waals surface area contributed by atoms with Crippen LogP contribution in [0.1, 0.15) is 24.8 Å². The molecule has 2 fully saturated rings. The molecule has 1 aromatic rings. The first-order valence-electron chi connectivity index (χ1n) is 6.95. The van der Waals surface area contributed by atoms with Gasteiger partial charge in [0.2, 0.25) is 10.0 Å². The van der Waals surface area contributed by atoms with E-state index in [4.69, 9.17) is 5.73 Å². The Morgan fingerprint density at radius 3 is 2.45 bits per heavy atom. The summed E-state index contributed by atoms with van der Waals surface area (Å²) in [5.74, 6) is 1.10. The fourth-order valence-corrected chi connectivity index (χ4v) is 5.93. The van der Waals surface area contributed by atoms with Crippen molar-refractivity contribution in [3.8, 4) is 0 Å². The molecule has 1 aliphatic carbocycles. The van der Waals surface area contributed by atoms with Gasteiger partial charge in [-0.05, 0) is 49.3 Å². The van der Waals surface area contributed by atoms with Crippen LogP contribution in [0.15, 0.2) is 21.5 Å². The molecule has 1 aromatic carbocycles. The first-order chi connectivity index (χ1) is 9.39. The van der Waals surface area contributed by atoms with Crippen molar-refractivity contribution in [2.45, 2.75) is 31.1 Å². The first kappa shape index (κ1) is 14.4. The van der Waals surface area contributed by atoms with Crippen LogP contribution in [0.25, 0.3) is 0 Å². The summed E-state index contributed by atoms with van der Waals surface area (Å²) in [7, 11) is -3.43. The summed E-state index contributed by atoms with van der Waals surface area (Å²) in [6.45, 7) is 3.10. The van der Waals surface area contributed by atoms with Crippen molar-refractivity contribution in [2.24, 2.45) is 11.8 Å². The summed E-state index contributed by atoms with van der Waals surface area (Å²) < 4.78 is 28.0. The van der Waals surface area contributed by atoms with Crippen molar-refractivity contribution in [1.29, 1.82) is 0 Å². The average molecular weight is 359 g/mol. The SMILES string of the molecule is Cc1c(N)cc(Br)cc1S(=O)(=O)N1CC2CCCC2C1. The molecule has 0 spiro atoms. The molecule has 2 unspecified atom stereocenters. The van der Waals surface area contributed by atoms with Crippen LogP contribution in [0, 0.1) is 18.8 Å². The number of sulfonamides is 1. The van der Waals surface area contributed by atoms with Gasteiger partial charge in [0.1, 0.15) is 0 Å². The summed E-state index contributed by atoms with van der Waals surface area (Å²) in [6, 6.07) is 3.40. The summed E-state index contributed by atoms with van der Waals surface area (Å²) >= 11 is 3.33. The van der Waals surface area contributed by atoms with Gasteiger partial charge in [0.15, 0.2) is 0 Å². The van der Waals surface area contributed by atoms with Crippen molar-refractivity contribution < 1.29 is 8.42 Å². The largest absolute Gasteiger partial charge is 0.398 e. The van der Waals surface area contributed by atoms with E-state index in [9.17, 15) is 8.42 Å². The Bertz CT molecular complexity index is 633. The molecule has 2 atom stereocenters. The summed E-state index contributed by atoms with van der Waals surface area (Å²) in [5, 5.41) is 0. The van der Waals surface area contributed by atoms with Crippen LogP contribution in [0.5, 0.6) is 0 Å². The van der Waals surface area contributed by atoms with Crippen LogP contribution in [0.2, 0.25) is 0 Å². The van der Waals surface area contributed by atoms with E-state index in [0.717, 1.165) is 12.8 Å². The lowest BCUT2D eigenvalue weighted by Crippen LogP contribution is -2.30. The molecule has 0 aromatic heterocycles. The zero-order valence-corrected chi connectivity index (χ0v) is 13.9. The van der Waals surface area contributed by atoms with Crippen molar-refractivity contribution in [3.05, 3.63) is 22.2 Å². The van der Waals surface area contributed by atoms with Gasteiger partial charge in [-0.15, -0.1) is 0 Å². The van der Waals surface area contributed by atoms with Gasteiger partial charge in [-0.25, -0.2) is 8.42 Å². The molecule has 1 aliphatic heterocycles. The lowest BCUT2D eigenvalue weighted by molar-refractivity contribution is 0.445. The monoisotopic (exact) mass is 358 g/mol. The van der Waals surface area contributed by atoms with Gasteiger partial charge in [0.25, 0.3) is 0 Å². The maximum absolute atomic E-state index is 12.8. The summed E-state index contributed by atoms with van der Waals surface area (Å²) in [5.41, 5.74) is 7.05. The molecule has 6 heteroatoms. The van der Waals surface area contributed by atoms with Gasteiger partial charge in [0.05, 0.1) is 4.90 Å². The standard InChI is InChI=1S/C14H19BrN2O2S/c1-9-13(16)5-12(15)6-14(9)20(18,19)17-7-10-3-2-4-11(10)8-17/h5-6,10-11H,2-4,7-8,16H2,1H3. The highest BCUT2D eigenvalue weighted by atomic mass is 79.9. The van der Waals surface area contributed by atoms with Crippen LogP contribution in [0.3, 0.4) is 0 Å². The fourth-order valence-electron chi connectivity index (χ4n) is 3.47. The highest BCUT2D eigenvalue weighted by molar-refractivity contribution is 9.10. The number of nitrogens with two attached hydrogens (primary N) is 1. The Balaban J connectivity index is 1.97. The van der Waals surface area contributed by atoms with Gasteiger partial charge in [-0.3, -0.25) is 0 Å². The maximum Gasteiger partial charge on any atom is 0.243 e. The van der Waals surface area contributed by atoms with Gasteiger partial charge in [-0.2, -0.15) is 4.31 Å². The molecule has 2 N–H and O–H groups in total. The van der Waals surface area contributed by atoms with Crippen molar-refractivity contribution in [1.82, 2.24) is 4.31 Å². The number of rotatable bonds is 2. The molecule has 2 aliphatic rings. The predicted molar refractivity (Wildman–Crippen MR) is 82.9 cm³/mol. The number of nitrogen functional groups attached to an aromatic ring is 1. The molecule has 1 saturated heterocycles. The normalized spacial score (nSPS) is 26.9. The van der Waals surface area contributed by atoms with Crippen LogP contribution in [-0.4, -0.2) is 25.8 Å². The number of benzene rings is 1. The zero-order valence-electron chi connectivity index (χ0n) is 11.5. The van der Waals surface area contributed by atoms with E-state index < -0.39 is 10.0 Å². The number of nitrogens with zero attached hydrogens (tertiary/aromatic N) is 1. The summed E-state index contributed by atoms with van der Waals surface area (Å²) in [6.07, 6.45) is 3.57. The Kier molecular flexibility index (Phi) is 3.59. The third-order valence-electron chi connectivity index (χ3n) is 4.68. The van der Waals surface area contributed by atoms with Crippen LogP contribution >= 0.6 is 15.9 Å². The van der Waals surface area contributed by atoms with Gasteiger partial charge >= 0.3 is 0 Å². The molecule has 1 heterocycles. The number of halogens is 1. The second-order valence-corrected chi connectivity index (χ2v) is 8.71. The minimum Gasteiger partial charge on any atom is -0.398 e. The Morgan fingerprint density at radius 2 is 1.85 bits per heavy atom. The van der Waals surface area contributed by atoms with Gasteiger partial charge in [-0.1, -0.05) is 22.4 Å². The van der Waals surface area contributed by atoms with E-state index in [1.165, 1.54) is 6.42 Å². The molecule has 20 heavy (non-hydrogen) atoms. The quantitative estimate of drug-likeness (QED) is 0.826. The Hall–Kier alpha value is -0.590. The van der Waals surface area contributed by atoms with E-state index in [1.807, 2.05) is 0 Å². The van der Waals surface area contributed by atoms with Gasteiger partial charge < -0.3 is 5.73 Å². The Morgan fingerprint density at radius 1 is 1.25 bits per heavy atom. The molecular weight excluding hydrogens is 340 g/mol. The van der Waals surface area contributed by atoms with E-state index in [2.05, 4.69) is 15.9 Å². The third kappa shape index (κ3) is 2.27. The van der Waals surface area contributed by atoms with Crippen LogP contribution in [-0.2, 0) is 10.0 Å². The lowest BCUT2D eigenvalue weighted by Gasteiger charge is -2.19. The topological polar surface area (TPSA) is 63.4 Å². The van der Waals surface area contributed by atoms with Crippen LogP contribution < -0.4 is 5.73 Å². The molecule has 110 valence electrons. The zero-order chi connectivity index (χ0) is 14.5. The second kappa shape index (κ2) is 5.00. The minimum absolute atomic E-state index is 0.337. The van der Waals surface area contributed by atoms with E-state index in [0.29, 0.717) is 45.5 Å². The number of fused-ring (bicyclic) bond motifs is 1. The van der Waals surface area contributed by atoms with E-state index >= 15 is 0 Å². The molecular formula is C14H19BrN2O2S. The minimum atomic E-state index is -3.43.